The fourth-order valence-corrected chi connectivity index (χ4v) is 3.08. The van der Waals surface area contributed by atoms with Gasteiger partial charge in [0.15, 0.2) is 5.78 Å². The van der Waals surface area contributed by atoms with Crippen molar-refractivity contribution in [1.29, 1.82) is 0 Å². The summed E-state index contributed by atoms with van der Waals surface area (Å²) >= 11 is 0. The van der Waals surface area contributed by atoms with Crippen molar-refractivity contribution in [3.05, 3.63) is 11.8 Å². The summed E-state index contributed by atoms with van der Waals surface area (Å²) in [5, 5.41) is 3.58. The number of nitrogens with one attached hydrogen (secondary N) is 1. The van der Waals surface area contributed by atoms with E-state index in [9.17, 15) is 4.79 Å². The molecule has 3 aliphatic heterocycles. The second kappa shape index (κ2) is 3.63. The minimum atomic E-state index is 0.291. The summed E-state index contributed by atoms with van der Waals surface area (Å²) in [6.07, 6.45) is 6.11. The highest BCUT2D eigenvalue weighted by Crippen LogP contribution is 2.28. The van der Waals surface area contributed by atoms with Gasteiger partial charge in [-0.2, -0.15) is 0 Å². The Hall–Kier alpha value is -0.830. The van der Waals surface area contributed by atoms with Crippen molar-refractivity contribution >= 4 is 5.78 Å². The van der Waals surface area contributed by atoms with Crippen molar-refractivity contribution in [2.45, 2.75) is 31.7 Å². The number of ketones is 1. The lowest BCUT2D eigenvalue weighted by atomic mass is 9.84. The standard InChI is InChI=1S/C12H18N2O/c15-11-2-1-10(7-11)13-12-8-14-5-3-9(12)4-6-14/h7,9,12-13H,1-6,8H2. The molecule has 0 aromatic carbocycles. The molecule has 1 unspecified atom stereocenters. The minimum Gasteiger partial charge on any atom is -0.384 e. The van der Waals surface area contributed by atoms with E-state index in [1.807, 2.05) is 0 Å². The minimum absolute atomic E-state index is 0.291. The van der Waals surface area contributed by atoms with Crippen LogP contribution in [-0.2, 0) is 4.79 Å². The fraction of sp³-hybridized carbons (Fsp3) is 0.750. The van der Waals surface area contributed by atoms with E-state index in [2.05, 4.69) is 10.2 Å². The van der Waals surface area contributed by atoms with E-state index >= 15 is 0 Å². The largest absolute Gasteiger partial charge is 0.384 e. The third-order valence-electron chi connectivity index (χ3n) is 4.00. The van der Waals surface area contributed by atoms with Crippen LogP contribution in [0, 0.1) is 5.92 Å². The molecule has 3 heteroatoms. The number of allylic oxidation sites excluding steroid dienone is 2. The highest BCUT2D eigenvalue weighted by atomic mass is 16.1. The predicted molar refractivity (Wildman–Crippen MR) is 58.4 cm³/mol. The topological polar surface area (TPSA) is 32.3 Å². The third-order valence-corrected chi connectivity index (χ3v) is 4.00. The van der Waals surface area contributed by atoms with Crippen LogP contribution in [0.5, 0.6) is 0 Å². The first-order chi connectivity index (χ1) is 7.31. The van der Waals surface area contributed by atoms with Gasteiger partial charge >= 0.3 is 0 Å². The molecule has 0 aromatic heterocycles. The molecule has 3 nitrogen and oxygen atoms in total. The average molecular weight is 206 g/mol. The number of fused-ring (bicyclic) bond motifs is 3. The molecule has 0 radical (unpaired) electrons. The maximum Gasteiger partial charge on any atom is 0.157 e. The normalized spacial score (nSPS) is 39.3. The quantitative estimate of drug-likeness (QED) is 0.729. The molecule has 1 aliphatic carbocycles. The molecular weight excluding hydrogens is 188 g/mol. The molecule has 0 spiro atoms. The number of carbonyl (C=O) groups excluding carboxylic acids is 1. The van der Waals surface area contributed by atoms with Gasteiger partial charge in [-0.15, -0.1) is 0 Å². The second-order valence-electron chi connectivity index (χ2n) is 5.02. The second-order valence-corrected chi connectivity index (χ2v) is 5.02. The number of hydrogen-bond acceptors (Lipinski definition) is 3. The van der Waals surface area contributed by atoms with Gasteiger partial charge < -0.3 is 10.2 Å². The van der Waals surface area contributed by atoms with Gasteiger partial charge in [0, 0.05) is 30.8 Å². The van der Waals surface area contributed by atoms with Gasteiger partial charge in [0.2, 0.25) is 0 Å². The Balaban J connectivity index is 1.64. The van der Waals surface area contributed by atoms with E-state index in [1.54, 1.807) is 6.08 Å². The Morgan fingerprint density at radius 1 is 1.27 bits per heavy atom. The summed E-state index contributed by atoms with van der Waals surface area (Å²) in [6.45, 7) is 3.73. The lowest BCUT2D eigenvalue weighted by Crippen LogP contribution is -2.55. The number of rotatable bonds is 2. The Bertz CT molecular complexity index is 303. The first-order valence-electron chi connectivity index (χ1n) is 6.03. The summed E-state index contributed by atoms with van der Waals surface area (Å²) in [4.78, 5) is 13.7. The summed E-state index contributed by atoms with van der Waals surface area (Å²) < 4.78 is 0. The van der Waals surface area contributed by atoms with Crippen LogP contribution < -0.4 is 5.32 Å². The van der Waals surface area contributed by atoms with Crippen LogP contribution >= 0.6 is 0 Å². The van der Waals surface area contributed by atoms with E-state index in [0.717, 1.165) is 12.3 Å². The van der Waals surface area contributed by atoms with Gasteiger partial charge in [-0.25, -0.2) is 0 Å². The molecule has 0 aromatic rings. The van der Waals surface area contributed by atoms with Crippen molar-refractivity contribution in [1.82, 2.24) is 10.2 Å². The number of nitrogens with zero attached hydrogens (tertiary/aromatic N) is 1. The fourth-order valence-electron chi connectivity index (χ4n) is 3.08. The zero-order chi connectivity index (χ0) is 10.3. The number of piperidine rings is 3. The molecule has 3 fully saturated rings. The zero-order valence-electron chi connectivity index (χ0n) is 9.04. The molecule has 1 atom stereocenters. The van der Waals surface area contributed by atoms with Crippen LogP contribution in [0.25, 0.3) is 0 Å². The maximum absolute atomic E-state index is 11.1. The van der Waals surface area contributed by atoms with Crippen molar-refractivity contribution in [2.24, 2.45) is 5.92 Å². The highest BCUT2D eigenvalue weighted by Gasteiger charge is 2.34. The molecule has 0 amide bonds. The van der Waals surface area contributed by atoms with Gasteiger partial charge in [0.05, 0.1) is 0 Å². The maximum atomic E-state index is 11.1. The Labute approximate surface area is 90.5 Å². The Morgan fingerprint density at radius 3 is 2.60 bits per heavy atom. The molecular formula is C12H18N2O. The van der Waals surface area contributed by atoms with Gasteiger partial charge in [-0.3, -0.25) is 4.79 Å². The Kier molecular flexibility index (Phi) is 2.28. The SMILES string of the molecule is O=C1C=C(NC2CN3CCC2CC3)CC1. The van der Waals surface area contributed by atoms with Gasteiger partial charge in [0.25, 0.3) is 0 Å². The van der Waals surface area contributed by atoms with Gasteiger partial charge in [-0.05, 0) is 38.3 Å². The molecule has 4 aliphatic rings. The van der Waals surface area contributed by atoms with Gasteiger partial charge in [0.1, 0.15) is 0 Å². The summed E-state index contributed by atoms with van der Waals surface area (Å²) in [7, 11) is 0. The monoisotopic (exact) mass is 206 g/mol. The van der Waals surface area contributed by atoms with Crippen LogP contribution in [-0.4, -0.2) is 36.4 Å². The molecule has 2 bridgehead atoms. The molecule has 0 saturated carbocycles. The van der Waals surface area contributed by atoms with E-state index in [4.69, 9.17) is 0 Å². The summed E-state index contributed by atoms with van der Waals surface area (Å²) in [5.74, 6) is 1.13. The van der Waals surface area contributed by atoms with E-state index < -0.39 is 0 Å². The Morgan fingerprint density at radius 2 is 2.07 bits per heavy atom. The molecule has 3 heterocycles. The van der Waals surface area contributed by atoms with Crippen LogP contribution in [0.15, 0.2) is 11.8 Å². The smallest absolute Gasteiger partial charge is 0.157 e. The lowest BCUT2D eigenvalue weighted by Gasteiger charge is -2.45. The van der Waals surface area contributed by atoms with Crippen LogP contribution in [0.2, 0.25) is 0 Å². The summed E-state index contributed by atoms with van der Waals surface area (Å²) in [6, 6.07) is 0.602. The third kappa shape index (κ3) is 1.81. The van der Waals surface area contributed by atoms with Crippen LogP contribution in [0.3, 0.4) is 0 Å². The van der Waals surface area contributed by atoms with Crippen molar-refractivity contribution in [3.63, 3.8) is 0 Å². The van der Waals surface area contributed by atoms with E-state index in [-0.39, 0.29) is 0 Å². The molecule has 4 rings (SSSR count). The van der Waals surface area contributed by atoms with Crippen molar-refractivity contribution in [3.8, 4) is 0 Å². The molecule has 1 N–H and O–H groups in total. The highest BCUT2D eigenvalue weighted by molar-refractivity contribution is 5.92. The molecule has 3 saturated heterocycles. The van der Waals surface area contributed by atoms with E-state index in [1.165, 1.54) is 38.2 Å². The molecule has 82 valence electrons. The number of hydrogen-bond donors (Lipinski definition) is 1. The first-order valence-corrected chi connectivity index (χ1v) is 6.03. The lowest BCUT2D eigenvalue weighted by molar-refractivity contribution is -0.114. The van der Waals surface area contributed by atoms with E-state index in [0.29, 0.717) is 18.2 Å². The van der Waals surface area contributed by atoms with Crippen molar-refractivity contribution in [2.75, 3.05) is 19.6 Å². The van der Waals surface area contributed by atoms with Crippen LogP contribution in [0.1, 0.15) is 25.7 Å². The number of carbonyl (C=O) groups is 1. The van der Waals surface area contributed by atoms with Crippen LogP contribution in [0.4, 0.5) is 0 Å². The zero-order valence-corrected chi connectivity index (χ0v) is 9.04. The predicted octanol–water partition coefficient (Wildman–Crippen LogP) is 0.917. The molecule has 15 heavy (non-hydrogen) atoms. The van der Waals surface area contributed by atoms with Gasteiger partial charge in [-0.1, -0.05) is 0 Å². The van der Waals surface area contributed by atoms with Crippen molar-refractivity contribution < 1.29 is 4.79 Å². The first kappa shape index (κ1) is 9.40. The summed E-state index contributed by atoms with van der Waals surface area (Å²) in [5.41, 5.74) is 1.18. The average Bonchev–Trinajstić information content (AvgIpc) is 2.66.